The Hall–Kier alpha value is -1.40. The smallest absolute Gasteiger partial charge is 0.243 e. The van der Waals surface area contributed by atoms with E-state index in [1.165, 1.54) is 0 Å². The standard InChI is InChI=1S/C19H28N2O3S/c1-14(2)18(22)21-13-19(3,4)16-12-15(8-9-17(16)21)25(23,24)20-10-6-5-7-11-20/h8-9,12,14H,5-7,10-11,13H2,1-4H3. The molecule has 1 fully saturated rings. The molecule has 2 heterocycles. The van der Waals surface area contributed by atoms with Gasteiger partial charge in [0.25, 0.3) is 0 Å². The Morgan fingerprint density at radius 1 is 1.12 bits per heavy atom. The number of fused-ring (bicyclic) bond motifs is 1. The lowest BCUT2D eigenvalue weighted by molar-refractivity contribution is -0.121. The molecule has 0 saturated carbocycles. The molecule has 0 atom stereocenters. The van der Waals surface area contributed by atoms with E-state index >= 15 is 0 Å². The van der Waals surface area contributed by atoms with Crippen molar-refractivity contribution in [3.05, 3.63) is 23.8 Å². The number of nitrogens with zero attached hydrogens (tertiary/aromatic N) is 2. The van der Waals surface area contributed by atoms with Gasteiger partial charge in [0.05, 0.1) is 4.90 Å². The highest BCUT2D eigenvalue weighted by molar-refractivity contribution is 7.89. The Balaban J connectivity index is 2.00. The molecule has 25 heavy (non-hydrogen) atoms. The van der Waals surface area contributed by atoms with Gasteiger partial charge in [-0.25, -0.2) is 8.42 Å². The van der Waals surface area contributed by atoms with Crippen molar-refractivity contribution in [2.75, 3.05) is 24.5 Å². The zero-order chi connectivity index (χ0) is 18.4. The molecule has 6 heteroatoms. The number of benzene rings is 1. The van der Waals surface area contributed by atoms with E-state index in [4.69, 9.17) is 0 Å². The van der Waals surface area contributed by atoms with E-state index in [-0.39, 0.29) is 17.2 Å². The molecule has 0 radical (unpaired) electrons. The number of sulfonamides is 1. The van der Waals surface area contributed by atoms with Crippen LogP contribution >= 0.6 is 0 Å². The maximum atomic E-state index is 13.0. The molecule has 3 rings (SSSR count). The quantitative estimate of drug-likeness (QED) is 0.828. The highest BCUT2D eigenvalue weighted by Crippen LogP contribution is 2.42. The van der Waals surface area contributed by atoms with E-state index in [1.807, 2.05) is 13.8 Å². The predicted octanol–water partition coefficient (Wildman–Crippen LogP) is 3.14. The third-order valence-electron chi connectivity index (χ3n) is 5.25. The van der Waals surface area contributed by atoms with Crippen LogP contribution < -0.4 is 4.90 Å². The zero-order valence-corrected chi connectivity index (χ0v) is 16.4. The largest absolute Gasteiger partial charge is 0.311 e. The van der Waals surface area contributed by atoms with Gasteiger partial charge in [0.15, 0.2) is 0 Å². The number of carbonyl (C=O) groups excluding carboxylic acids is 1. The summed E-state index contributed by atoms with van der Waals surface area (Å²) in [6, 6.07) is 5.25. The van der Waals surface area contributed by atoms with E-state index in [9.17, 15) is 13.2 Å². The minimum Gasteiger partial charge on any atom is -0.311 e. The fourth-order valence-electron chi connectivity index (χ4n) is 3.78. The van der Waals surface area contributed by atoms with Crippen molar-refractivity contribution in [2.24, 2.45) is 5.92 Å². The maximum absolute atomic E-state index is 13.0. The number of rotatable bonds is 3. The normalized spacial score (nSPS) is 20.8. The zero-order valence-electron chi connectivity index (χ0n) is 15.6. The van der Waals surface area contributed by atoms with Crippen molar-refractivity contribution in [3.8, 4) is 0 Å². The number of hydrogen-bond acceptors (Lipinski definition) is 3. The van der Waals surface area contributed by atoms with E-state index in [2.05, 4.69) is 13.8 Å². The lowest BCUT2D eigenvalue weighted by Gasteiger charge is -2.26. The Bertz CT molecular complexity index is 778. The van der Waals surface area contributed by atoms with Gasteiger partial charge in [0.2, 0.25) is 15.9 Å². The lowest BCUT2D eigenvalue weighted by atomic mass is 9.87. The molecule has 0 bridgehead atoms. The number of anilines is 1. The second kappa shape index (κ2) is 6.40. The summed E-state index contributed by atoms with van der Waals surface area (Å²) in [6.07, 6.45) is 2.94. The molecule has 1 saturated heterocycles. The summed E-state index contributed by atoms with van der Waals surface area (Å²) in [5.41, 5.74) is 1.54. The van der Waals surface area contributed by atoms with Crippen LogP contribution in [0.5, 0.6) is 0 Å². The van der Waals surface area contributed by atoms with E-state index in [0.717, 1.165) is 30.5 Å². The first-order chi connectivity index (χ1) is 11.6. The average Bonchev–Trinajstić information content (AvgIpc) is 2.86. The van der Waals surface area contributed by atoms with Gasteiger partial charge in [-0.1, -0.05) is 34.1 Å². The fraction of sp³-hybridized carbons (Fsp3) is 0.632. The highest BCUT2D eigenvalue weighted by atomic mass is 32.2. The van der Waals surface area contributed by atoms with Gasteiger partial charge in [-0.05, 0) is 36.6 Å². The highest BCUT2D eigenvalue weighted by Gasteiger charge is 2.39. The monoisotopic (exact) mass is 364 g/mol. The molecule has 1 aromatic rings. The summed E-state index contributed by atoms with van der Waals surface area (Å²) in [5.74, 6) is -0.00280. The van der Waals surface area contributed by atoms with Crippen LogP contribution in [-0.4, -0.2) is 38.3 Å². The second-order valence-corrected chi connectivity index (χ2v) is 10.0. The van der Waals surface area contributed by atoms with Crippen LogP contribution in [0.1, 0.15) is 52.5 Å². The van der Waals surface area contributed by atoms with Gasteiger partial charge in [0, 0.05) is 36.7 Å². The third kappa shape index (κ3) is 3.22. The molecule has 0 spiro atoms. The molecule has 0 aromatic heterocycles. The Morgan fingerprint density at radius 2 is 1.76 bits per heavy atom. The van der Waals surface area contributed by atoms with Crippen LogP contribution in [0.2, 0.25) is 0 Å². The molecule has 5 nitrogen and oxygen atoms in total. The van der Waals surface area contributed by atoms with E-state index < -0.39 is 10.0 Å². The molecule has 2 aliphatic rings. The summed E-state index contributed by atoms with van der Waals surface area (Å²) in [4.78, 5) is 14.7. The summed E-state index contributed by atoms with van der Waals surface area (Å²) in [5, 5.41) is 0. The van der Waals surface area contributed by atoms with Crippen LogP contribution in [0.25, 0.3) is 0 Å². The molecular formula is C19H28N2O3S. The second-order valence-electron chi connectivity index (χ2n) is 8.11. The lowest BCUT2D eigenvalue weighted by Crippen LogP contribution is -2.36. The van der Waals surface area contributed by atoms with Crippen LogP contribution in [0, 0.1) is 5.92 Å². The fourth-order valence-corrected chi connectivity index (χ4v) is 5.33. The minimum absolute atomic E-state index is 0.0819. The summed E-state index contributed by atoms with van der Waals surface area (Å²) >= 11 is 0. The van der Waals surface area contributed by atoms with Gasteiger partial charge in [-0.3, -0.25) is 4.79 Å². The number of hydrogen-bond donors (Lipinski definition) is 0. The minimum atomic E-state index is -3.46. The van der Waals surface area contributed by atoms with E-state index in [0.29, 0.717) is 24.5 Å². The first-order valence-electron chi connectivity index (χ1n) is 9.11. The Kier molecular flexibility index (Phi) is 4.71. The van der Waals surface area contributed by atoms with Gasteiger partial charge >= 0.3 is 0 Å². The third-order valence-corrected chi connectivity index (χ3v) is 7.15. The van der Waals surface area contributed by atoms with Gasteiger partial charge in [0.1, 0.15) is 0 Å². The van der Waals surface area contributed by atoms with Crippen molar-refractivity contribution < 1.29 is 13.2 Å². The molecular weight excluding hydrogens is 336 g/mol. The maximum Gasteiger partial charge on any atom is 0.243 e. The molecule has 1 aromatic carbocycles. The van der Waals surface area contributed by atoms with Crippen molar-refractivity contribution in [2.45, 2.75) is 57.3 Å². The number of amides is 1. The summed E-state index contributed by atoms with van der Waals surface area (Å²) in [7, 11) is -3.46. The summed E-state index contributed by atoms with van der Waals surface area (Å²) < 4.78 is 27.5. The van der Waals surface area contributed by atoms with Crippen molar-refractivity contribution >= 4 is 21.6 Å². The molecule has 0 N–H and O–H groups in total. The Labute approximate surface area is 151 Å². The van der Waals surface area contributed by atoms with Gasteiger partial charge < -0.3 is 4.90 Å². The van der Waals surface area contributed by atoms with Crippen LogP contribution in [-0.2, 0) is 20.2 Å². The average molecular weight is 365 g/mol. The first-order valence-corrected chi connectivity index (χ1v) is 10.5. The topological polar surface area (TPSA) is 57.7 Å². The van der Waals surface area contributed by atoms with Crippen LogP contribution in [0.3, 0.4) is 0 Å². The molecule has 1 amide bonds. The first kappa shape index (κ1) is 18.4. The number of piperidine rings is 1. The van der Waals surface area contributed by atoms with Crippen LogP contribution in [0.15, 0.2) is 23.1 Å². The van der Waals surface area contributed by atoms with Gasteiger partial charge in [-0.2, -0.15) is 4.31 Å². The summed E-state index contributed by atoms with van der Waals surface area (Å²) in [6.45, 7) is 9.70. The van der Waals surface area contributed by atoms with Gasteiger partial charge in [-0.15, -0.1) is 0 Å². The Morgan fingerprint density at radius 3 is 2.36 bits per heavy atom. The molecule has 0 aliphatic carbocycles. The predicted molar refractivity (Wildman–Crippen MR) is 99.3 cm³/mol. The number of carbonyl (C=O) groups is 1. The SMILES string of the molecule is CC(C)C(=O)N1CC(C)(C)c2cc(S(=O)(=O)N3CCCCC3)ccc21. The van der Waals surface area contributed by atoms with Crippen molar-refractivity contribution in [1.82, 2.24) is 4.31 Å². The van der Waals surface area contributed by atoms with E-state index in [1.54, 1.807) is 27.4 Å². The molecule has 138 valence electrons. The molecule has 2 aliphatic heterocycles. The molecule has 0 unspecified atom stereocenters. The van der Waals surface area contributed by atoms with Crippen molar-refractivity contribution in [3.63, 3.8) is 0 Å². The van der Waals surface area contributed by atoms with Crippen LogP contribution in [0.4, 0.5) is 5.69 Å². The van der Waals surface area contributed by atoms with Crippen molar-refractivity contribution in [1.29, 1.82) is 0 Å².